The van der Waals surface area contributed by atoms with Crippen molar-refractivity contribution in [2.24, 2.45) is 0 Å². The van der Waals surface area contributed by atoms with E-state index in [1.54, 1.807) is 23.2 Å². The summed E-state index contributed by atoms with van der Waals surface area (Å²) in [7, 11) is 4.00. The van der Waals surface area contributed by atoms with Gasteiger partial charge in [-0.1, -0.05) is 12.1 Å². The number of thiophene rings is 1. The summed E-state index contributed by atoms with van der Waals surface area (Å²) < 4.78 is 5.11. The van der Waals surface area contributed by atoms with Gasteiger partial charge in [0.15, 0.2) is 0 Å². The van der Waals surface area contributed by atoms with E-state index in [1.165, 1.54) is 0 Å². The van der Waals surface area contributed by atoms with Crippen molar-refractivity contribution in [3.8, 4) is 0 Å². The summed E-state index contributed by atoms with van der Waals surface area (Å²) in [6.45, 7) is 3.22. The third-order valence-electron chi connectivity index (χ3n) is 5.10. The molecule has 0 fully saturated rings. The minimum absolute atomic E-state index is 0.0579. The largest absolute Gasteiger partial charge is 0.450 e. The van der Waals surface area contributed by atoms with E-state index >= 15 is 0 Å². The molecular formula is C20H24N4O3S. The topological polar surface area (TPSA) is 73.9 Å². The zero-order valence-corrected chi connectivity index (χ0v) is 17.1. The van der Waals surface area contributed by atoms with Crippen molar-refractivity contribution in [2.75, 3.05) is 37.5 Å². The molecule has 2 aliphatic heterocycles. The Morgan fingerprint density at radius 1 is 1.29 bits per heavy atom. The Hall–Kier alpha value is -2.74. The second-order valence-electron chi connectivity index (χ2n) is 7.12. The molecule has 0 saturated carbocycles. The molecule has 7 nitrogen and oxygen atoms in total. The first kappa shape index (κ1) is 18.6. The van der Waals surface area contributed by atoms with Gasteiger partial charge in [0.25, 0.3) is 5.91 Å². The van der Waals surface area contributed by atoms with Crippen molar-refractivity contribution in [1.82, 2.24) is 10.2 Å². The first-order valence-corrected chi connectivity index (χ1v) is 10.2. The highest BCUT2D eigenvalue weighted by Gasteiger charge is 2.34. The first-order chi connectivity index (χ1) is 13.5. The normalized spacial score (nSPS) is 17.9. The van der Waals surface area contributed by atoms with E-state index in [9.17, 15) is 9.59 Å². The second kappa shape index (κ2) is 7.35. The van der Waals surface area contributed by atoms with Crippen LogP contribution in [-0.4, -0.2) is 44.1 Å². The maximum Gasteiger partial charge on any atom is 0.410 e. The third-order valence-corrected chi connectivity index (χ3v) is 6.25. The average Bonchev–Trinajstić information content (AvgIpc) is 3.06. The van der Waals surface area contributed by atoms with Gasteiger partial charge in [-0.2, -0.15) is 0 Å². The monoisotopic (exact) mass is 400 g/mol. The van der Waals surface area contributed by atoms with Gasteiger partial charge in [-0.15, -0.1) is 11.3 Å². The molecule has 3 heterocycles. The van der Waals surface area contributed by atoms with E-state index in [2.05, 4.69) is 10.6 Å². The molecule has 0 bridgehead atoms. The Morgan fingerprint density at radius 2 is 2.04 bits per heavy atom. The van der Waals surface area contributed by atoms with Crippen LogP contribution < -0.4 is 15.5 Å². The number of fused-ring (bicyclic) bond motifs is 3. The van der Waals surface area contributed by atoms with Crippen LogP contribution >= 0.6 is 11.3 Å². The number of benzene rings is 1. The molecule has 0 saturated heterocycles. The number of ether oxygens (including phenoxy) is 1. The van der Waals surface area contributed by atoms with Crippen LogP contribution in [0.5, 0.6) is 0 Å². The lowest BCUT2D eigenvalue weighted by Crippen LogP contribution is -2.39. The number of amides is 2. The van der Waals surface area contributed by atoms with E-state index in [4.69, 9.17) is 4.74 Å². The van der Waals surface area contributed by atoms with Gasteiger partial charge in [0, 0.05) is 31.2 Å². The molecule has 8 heteroatoms. The molecule has 28 heavy (non-hydrogen) atoms. The minimum atomic E-state index is -0.296. The fourth-order valence-corrected chi connectivity index (χ4v) is 4.91. The Kier molecular flexibility index (Phi) is 4.89. The highest BCUT2D eigenvalue weighted by Crippen LogP contribution is 2.40. The van der Waals surface area contributed by atoms with Gasteiger partial charge in [0.1, 0.15) is 11.2 Å². The SMILES string of the molecule is CCOC(=O)N1CCc2c(sc3c2C(=O)NC(c2ccc(N(C)C)cc2)N3)C1. The van der Waals surface area contributed by atoms with Crippen LogP contribution in [0, 0.1) is 0 Å². The third kappa shape index (κ3) is 3.28. The van der Waals surface area contributed by atoms with Crippen LogP contribution in [-0.2, 0) is 17.7 Å². The fourth-order valence-electron chi connectivity index (χ4n) is 3.62. The number of rotatable bonds is 3. The zero-order chi connectivity index (χ0) is 19.8. The smallest absolute Gasteiger partial charge is 0.410 e. The molecule has 1 aromatic heterocycles. The lowest BCUT2D eigenvalue weighted by Gasteiger charge is -2.28. The molecule has 4 rings (SSSR count). The lowest BCUT2D eigenvalue weighted by atomic mass is 10.0. The van der Waals surface area contributed by atoms with Crippen LogP contribution in [0.15, 0.2) is 24.3 Å². The standard InChI is InChI=1S/C20H24N4O3S/c1-4-27-20(26)24-10-9-14-15(11-24)28-19-16(14)18(25)21-17(22-19)12-5-7-13(8-6-12)23(2)3/h5-8,17,22H,4,9-11H2,1-3H3,(H,21,25). The van der Waals surface area contributed by atoms with Gasteiger partial charge in [-0.05, 0) is 36.6 Å². The maximum absolute atomic E-state index is 12.8. The van der Waals surface area contributed by atoms with Crippen LogP contribution in [0.4, 0.5) is 15.5 Å². The fraction of sp³-hybridized carbons (Fsp3) is 0.400. The van der Waals surface area contributed by atoms with Crippen molar-refractivity contribution in [1.29, 1.82) is 0 Å². The molecule has 0 spiro atoms. The molecule has 2 amide bonds. The molecule has 2 aliphatic rings. The molecule has 1 unspecified atom stereocenters. The molecule has 2 aromatic rings. The van der Waals surface area contributed by atoms with Gasteiger partial charge >= 0.3 is 6.09 Å². The van der Waals surface area contributed by atoms with Crippen molar-refractivity contribution >= 4 is 34.0 Å². The number of hydrogen-bond acceptors (Lipinski definition) is 6. The van der Waals surface area contributed by atoms with Gasteiger partial charge < -0.3 is 25.2 Å². The van der Waals surface area contributed by atoms with Crippen molar-refractivity contribution < 1.29 is 14.3 Å². The molecule has 1 atom stereocenters. The summed E-state index contributed by atoms with van der Waals surface area (Å²) in [5.74, 6) is -0.0579. The first-order valence-electron chi connectivity index (χ1n) is 9.38. The van der Waals surface area contributed by atoms with E-state index in [1.807, 2.05) is 43.3 Å². The Balaban J connectivity index is 1.56. The minimum Gasteiger partial charge on any atom is -0.450 e. The predicted octanol–water partition coefficient (Wildman–Crippen LogP) is 3.18. The number of carbonyl (C=O) groups excluding carboxylic acids is 2. The van der Waals surface area contributed by atoms with Gasteiger partial charge in [0.05, 0.1) is 18.7 Å². The van der Waals surface area contributed by atoms with E-state index in [0.717, 1.165) is 32.3 Å². The number of nitrogens with zero attached hydrogens (tertiary/aromatic N) is 2. The molecule has 0 radical (unpaired) electrons. The number of nitrogens with one attached hydrogen (secondary N) is 2. The number of anilines is 2. The highest BCUT2D eigenvalue weighted by atomic mass is 32.1. The van der Waals surface area contributed by atoms with Crippen LogP contribution in [0.2, 0.25) is 0 Å². The van der Waals surface area contributed by atoms with Crippen LogP contribution in [0.25, 0.3) is 0 Å². The number of carbonyl (C=O) groups is 2. The van der Waals surface area contributed by atoms with E-state index in [0.29, 0.717) is 26.1 Å². The molecule has 2 N–H and O–H groups in total. The average molecular weight is 401 g/mol. The van der Waals surface area contributed by atoms with Crippen LogP contribution in [0.3, 0.4) is 0 Å². The van der Waals surface area contributed by atoms with Gasteiger partial charge in [-0.3, -0.25) is 4.79 Å². The summed E-state index contributed by atoms with van der Waals surface area (Å²) in [6, 6.07) is 8.12. The Morgan fingerprint density at radius 3 is 2.71 bits per heavy atom. The van der Waals surface area contributed by atoms with Gasteiger partial charge in [-0.25, -0.2) is 4.79 Å². The molecule has 1 aromatic carbocycles. The summed E-state index contributed by atoms with van der Waals surface area (Å²) in [4.78, 5) is 29.7. The number of hydrogen-bond donors (Lipinski definition) is 2. The van der Waals surface area contributed by atoms with Crippen LogP contribution in [0.1, 0.15) is 39.5 Å². The van der Waals surface area contributed by atoms with Crippen molar-refractivity contribution in [3.63, 3.8) is 0 Å². The highest BCUT2D eigenvalue weighted by molar-refractivity contribution is 7.16. The molecular weight excluding hydrogens is 376 g/mol. The zero-order valence-electron chi connectivity index (χ0n) is 16.2. The summed E-state index contributed by atoms with van der Waals surface area (Å²) in [5, 5.41) is 7.40. The summed E-state index contributed by atoms with van der Waals surface area (Å²) in [6.07, 6.45) is 0.102. The lowest BCUT2D eigenvalue weighted by molar-refractivity contribution is 0.0934. The van der Waals surface area contributed by atoms with E-state index in [-0.39, 0.29) is 18.2 Å². The quantitative estimate of drug-likeness (QED) is 0.828. The maximum atomic E-state index is 12.8. The molecule has 0 aliphatic carbocycles. The Bertz CT molecular complexity index is 907. The van der Waals surface area contributed by atoms with Crippen molar-refractivity contribution in [2.45, 2.75) is 26.1 Å². The van der Waals surface area contributed by atoms with E-state index < -0.39 is 0 Å². The second-order valence-corrected chi connectivity index (χ2v) is 8.22. The summed E-state index contributed by atoms with van der Waals surface area (Å²) >= 11 is 1.56. The predicted molar refractivity (Wildman–Crippen MR) is 110 cm³/mol. The van der Waals surface area contributed by atoms with Crippen molar-refractivity contribution in [3.05, 3.63) is 45.8 Å². The molecule has 148 valence electrons. The summed E-state index contributed by atoms with van der Waals surface area (Å²) in [5.41, 5.74) is 3.89. The Labute approximate surface area is 168 Å². The van der Waals surface area contributed by atoms with Gasteiger partial charge in [0.2, 0.25) is 0 Å².